The first-order chi connectivity index (χ1) is 13.6. The van der Waals surface area contributed by atoms with Crippen molar-refractivity contribution in [3.05, 3.63) is 57.2 Å². The molecular formula is C20H24ClN3O3S. The lowest BCUT2D eigenvalue weighted by molar-refractivity contribution is -0.121. The van der Waals surface area contributed by atoms with E-state index < -0.39 is 0 Å². The number of morpholine rings is 1. The Balaban J connectivity index is 1.52. The van der Waals surface area contributed by atoms with E-state index in [1.807, 2.05) is 35.7 Å². The minimum atomic E-state index is -0.148. The molecular weight excluding hydrogens is 398 g/mol. The van der Waals surface area contributed by atoms with Gasteiger partial charge in [0.1, 0.15) is 0 Å². The monoisotopic (exact) mass is 421 g/mol. The predicted molar refractivity (Wildman–Crippen MR) is 111 cm³/mol. The molecule has 1 atom stereocenters. The summed E-state index contributed by atoms with van der Waals surface area (Å²) in [5, 5.41) is 8.30. The number of hydrogen-bond donors (Lipinski definition) is 2. The van der Waals surface area contributed by atoms with E-state index in [-0.39, 0.29) is 24.3 Å². The minimum Gasteiger partial charge on any atom is -0.379 e. The molecule has 0 spiro atoms. The molecule has 150 valence electrons. The van der Waals surface area contributed by atoms with Crippen molar-refractivity contribution in [1.82, 2.24) is 15.5 Å². The lowest BCUT2D eigenvalue weighted by Crippen LogP contribution is -2.44. The van der Waals surface area contributed by atoms with Gasteiger partial charge in [0.05, 0.1) is 24.1 Å². The second-order valence-corrected chi connectivity index (χ2v) is 7.83. The summed E-state index contributed by atoms with van der Waals surface area (Å²) in [6.07, 6.45) is 0.232. The number of nitrogens with one attached hydrogen (secondary N) is 2. The van der Waals surface area contributed by atoms with Crippen LogP contribution in [0.3, 0.4) is 0 Å². The molecule has 2 N–H and O–H groups in total. The highest BCUT2D eigenvalue weighted by Crippen LogP contribution is 2.27. The Morgan fingerprint density at radius 2 is 1.93 bits per heavy atom. The zero-order chi connectivity index (χ0) is 19.8. The van der Waals surface area contributed by atoms with E-state index in [0.717, 1.165) is 18.7 Å². The van der Waals surface area contributed by atoms with Crippen LogP contribution in [0.2, 0.25) is 5.02 Å². The largest absolute Gasteiger partial charge is 0.379 e. The fourth-order valence-corrected chi connectivity index (χ4v) is 4.06. The van der Waals surface area contributed by atoms with Crippen molar-refractivity contribution in [3.63, 3.8) is 0 Å². The van der Waals surface area contributed by atoms with Crippen LogP contribution in [0.25, 0.3) is 0 Å². The molecule has 2 heterocycles. The van der Waals surface area contributed by atoms with Crippen LogP contribution >= 0.6 is 22.9 Å². The van der Waals surface area contributed by atoms with Crippen LogP contribution in [0.1, 0.15) is 27.7 Å². The molecule has 2 aromatic rings. The summed E-state index contributed by atoms with van der Waals surface area (Å²) in [6.45, 7) is 3.69. The Kier molecular flexibility index (Phi) is 7.85. The molecule has 1 aliphatic heterocycles. The van der Waals surface area contributed by atoms with Gasteiger partial charge in [-0.1, -0.05) is 35.9 Å². The highest BCUT2D eigenvalue weighted by Gasteiger charge is 2.24. The SMILES string of the molecule is O=C(CCNC(=O)c1cccs1)NCC(c1ccccc1Cl)N1CCOCC1. The van der Waals surface area contributed by atoms with Crippen molar-refractivity contribution in [2.24, 2.45) is 0 Å². The number of carbonyl (C=O) groups excluding carboxylic acids is 2. The molecule has 1 unspecified atom stereocenters. The van der Waals surface area contributed by atoms with Crippen LogP contribution in [0.4, 0.5) is 0 Å². The van der Waals surface area contributed by atoms with Gasteiger partial charge in [0, 0.05) is 37.6 Å². The molecule has 8 heteroatoms. The van der Waals surface area contributed by atoms with Gasteiger partial charge in [-0.25, -0.2) is 0 Å². The Morgan fingerprint density at radius 3 is 2.64 bits per heavy atom. The zero-order valence-electron chi connectivity index (χ0n) is 15.5. The summed E-state index contributed by atoms with van der Waals surface area (Å²) in [4.78, 5) is 27.1. The Hall–Kier alpha value is -1.93. The lowest BCUT2D eigenvalue weighted by Gasteiger charge is -2.35. The summed E-state index contributed by atoms with van der Waals surface area (Å²) in [5.74, 6) is -0.248. The number of thiophene rings is 1. The van der Waals surface area contributed by atoms with Crippen LogP contribution in [0, 0.1) is 0 Å². The topological polar surface area (TPSA) is 70.7 Å². The van der Waals surface area contributed by atoms with Crippen LogP contribution in [0.15, 0.2) is 41.8 Å². The Labute approximate surface area is 173 Å². The maximum Gasteiger partial charge on any atom is 0.261 e. The number of halogens is 1. The number of nitrogens with zero attached hydrogens (tertiary/aromatic N) is 1. The number of benzene rings is 1. The van der Waals surface area contributed by atoms with Gasteiger partial charge < -0.3 is 15.4 Å². The third-order valence-electron chi connectivity index (χ3n) is 4.63. The first-order valence-corrected chi connectivity index (χ1v) is 10.6. The highest BCUT2D eigenvalue weighted by molar-refractivity contribution is 7.12. The predicted octanol–water partition coefficient (Wildman–Crippen LogP) is 2.71. The molecule has 28 heavy (non-hydrogen) atoms. The molecule has 3 rings (SSSR count). The van der Waals surface area contributed by atoms with Gasteiger partial charge >= 0.3 is 0 Å². The number of ether oxygens (including phenoxy) is 1. The van der Waals surface area contributed by atoms with Crippen molar-refractivity contribution in [2.45, 2.75) is 12.5 Å². The molecule has 1 aliphatic rings. The van der Waals surface area contributed by atoms with Crippen molar-refractivity contribution in [2.75, 3.05) is 39.4 Å². The summed E-state index contributed by atoms with van der Waals surface area (Å²) < 4.78 is 5.45. The van der Waals surface area contributed by atoms with Gasteiger partial charge in [-0.05, 0) is 23.1 Å². The van der Waals surface area contributed by atoms with Crippen LogP contribution in [-0.2, 0) is 9.53 Å². The number of carbonyl (C=O) groups is 2. The van der Waals surface area contributed by atoms with Gasteiger partial charge in [-0.15, -0.1) is 11.3 Å². The molecule has 0 radical (unpaired) electrons. The third-order valence-corrected chi connectivity index (χ3v) is 5.84. The molecule has 1 fully saturated rings. The summed E-state index contributed by atoms with van der Waals surface area (Å²) in [5.41, 5.74) is 0.998. The van der Waals surface area contributed by atoms with E-state index >= 15 is 0 Å². The van der Waals surface area contributed by atoms with Gasteiger partial charge in [-0.2, -0.15) is 0 Å². The van der Waals surface area contributed by atoms with Gasteiger partial charge in [0.15, 0.2) is 0 Å². The van der Waals surface area contributed by atoms with Crippen molar-refractivity contribution >= 4 is 34.8 Å². The second-order valence-electron chi connectivity index (χ2n) is 6.47. The molecule has 0 aliphatic carbocycles. The molecule has 1 aromatic heterocycles. The number of rotatable bonds is 8. The van der Waals surface area contributed by atoms with Crippen molar-refractivity contribution in [1.29, 1.82) is 0 Å². The zero-order valence-corrected chi connectivity index (χ0v) is 17.1. The molecule has 6 nitrogen and oxygen atoms in total. The molecule has 0 saturated carbocycles. The van der Waals surface area contributed by atoms with Gasteiger partial charge in [0.2, 0.25) is 5.91 Å². The first-order valence-electron chi connectivity index (χ1n) is 9.30. The standard InChI is InChI=1S/C20H24ClN3O3S/c21-16-5-2-1-4-15(16)17(24-9-11-27-12-10-24)14-23-19(25)7-8-22-20(26)18-6-3-13-28-18/h1-6,13,17H,7-12,14H2,(H,22,26)(H,23,25). The van der Waals surface area contributed by atoms with Crippen LogP contribution in [0.5, 0.6) is 0 Å². The van der Waals surface area contributed by atoms with E-state index in [0.29, 0.717) is 36.2 Å². The van der Waals surface area contributed by atoms with E-state index in [2.05, 4.69) is 15.5 Å². The van der Waals surface area contributed by atoms with E-state index in [4.69, 9.17) is 16.3 Å². The van der Waals surface area contributed by atoms with E-state index in [1.54, 1.807) is 6.07 Å². The first kappa shape index (κ1) is 20.8. The number of hydrogen-bond acceptors (Lipinski definition) is 5. The fraction of sp³-hybridized carbons (Fsp3) is 0.400. The van der Waals surface area contributed by atoms with Crippen molar-refractivity contribution < 1.29 is 14.3 Å². The van der Waals surface area contributed by atoms with Crippen molar-refractivity contribution in [3.8, 4) is 0 Å². The Morgan fingerprint density at radius 1 is 1.14 bits per heavy atom. The Bertz CT molecular complexity index is 779. The third kappa shape index (κ3) is 5.78. The minimum absolute atomic E-state index is 0.0118. The van der Waals surface area contributed by atoms with Crippen LogP contribution < -0.4 is 10.6 Å². The summed E-state index contributed by atoms with van der Waals surface area (Å²) >= 11 is 7.78. The summed E-state index contributed by atoms with van der Waals surface area (Å²) in [6, 6.07) is 11.3. The van der Waals surface area contributed by atoms with E-state index in [9.17, 15) is 9.59 Å². The fourth-order valence-electron chi connectivity index (χ4n) is 3.15. The highest BCUT2D eigenvalue weighted by atomic mass is 35.5. The second kappa shape index (κ2) is 10.6. The maximum absolute atomic E-state index is 12.3. The van der Waals surface area contributed by atoms with Crippen LogP contribution in [-0.4, -0.2) is 56.1 Å². The average molecular weight is 422 g/mol. The smallest absolute Gasteiger partial charge is 0.261 e. The molecule has 1 saturated heterocycles. The van der Waals surface area contributed by atoms with Gasteiger partial charge in [-0.3, -0.25) is 14.5 Å². The van der Waals surface area contributed by atoms with Gasteiger partial charge in [0.25, 0.3) is 5.91 Å². The lowest BCUT2D eigenvalue weighted by atomic mass is 10.0. The molecule has 2 amide bonds. The number of amides is 2. The maximum atomic E-state index is 12.3. The molecule has 1 aromatic carbocycles. The van der Waals surface area contributed by atoms with E-state index in [1.165, 1.54) is 11.3 Å². The normalized spacial score (nSPS) is 15.8. The summed E-state index contributed by atoms with van der Waals surface area (Å²) in [7, 11) is 0. The average Bonchev–Trinajstić information content (AvgIpc) is 3.25. The quantitative estimate of drug-likeness (QED) is 0.687. The molecule has 0 bridgehead atoms.